The summed E-state index contributed by atoms with van der Waals surface area (Å²) in [5.41, 5.74) is 8.28. The van der Waals surface area contributed by atoms with Crippen LogP contribution in [0.15, 0.2) is 77.9 Å². The van der Waals surface area contributed by atoms with Gasteiger partial charge in [0.15, 0.2) is 0 Å². The molecule has 0 aliphatic carbocycles. The van der Waals surface area contributed by atoms with Crippen LogP contribution in [0.1, 0.15) is 42.1 Å². The van der Waals surface area contributed by atoms with Gasteiger partial charge in [0, 0.05) is 35.8 Å². The lowest BCUT2D eigenvalue weighted by Crippen LogP contribution is -2.29. The maximum atomic E-state index is 13.4. The quantitative estimate of drug-likeness (QED) is 0.242. The lowest BCUT2D eigenvalue weighted by atomic mass is 10.0. The summed E-state index contributed by atoms with van der Waals surface area (Å²) in [6, 6.07) is 23.3. The van der Waals surface area contributed by atoms with Gasteiger partial charge in [0.05, 0.1) is 36.7 Å². The largest absolute Gasteiger partial charge is 0.497 e. The second-order valence-corrected chi connectivity index (χ2v) is 9.37. The number of carbonyl (C=O) groups is 1. The number of para-hydroxylation sites is 1. The van der Waals surface area contributed by atoms with Crippen LogP contribution < -0.4 is 19.8 Å². The van der Waals surface area contributed by atoms with Crippen LogP contribution in [0.5, 0.6) is 11.5 Å². The van der Waals surface area contributed by atoms with Crippen molar-refractivity contribution < 1.29 is 14.3 Å². The fourth-order valence-electron chi connectivity index (χ4n) is 4.84. The zero-order valence-electron chi connectivity index (χ0n) is 22.0. The molecule has 3 aromatic carbocycles. The van der Waals surface area contributed by atoms with Crippen molar-refractivity contribution in [3.63, 3.8) is 0 Å². The maximum Gasteiger partial charge on any atom is 0.272 e. The van der Waals surface area contributed by atoms with Crippen molar-refractivity contribution in [2.24, 2.45) is 5.10 Å². The number of methoxy groups -OCH3 is 2. The molecule has 1 fully saturated rings. The zero-order valence-corrected chi connectivity index (χ0v) is 22.0. The monoisotopic (exact) mass is 508 g/mol. The second kappa shape index (κ2) is 11.3. The molecule has 1 aliphatic heterocycles. The molecular weight excluding hydrogens is 476 g/mol. The lowest BCUT2D eigenvalue weighted by molar-refractivity contribution is 0.0956. The Balaban J connectivity index is 1.41. The molecule has 0 bridgehead atoms. The first-order valence-electron chi connectivity index (χ1n) is 12.9. The maximum absolute atomic E-state index is 13.4. The van der Waals surface area contributed by atoms with Crippen molar-refractivity contribution in [2.45, 2.75) is 26.2 Å². The number of carbonyl (C=O) groups excluding carboxylic acids is 1. The molecule has 0 saturated carbocycles. The number of amides is 1. The Morgan fingerprint density at radius 2 is 1.68 bits per heavy atom. The van der Waals surface area contributed by atoms with Gasteiger partial charge in [-0.15, -0.1) is 0 Å². The summed E-state index contributed by atoms with van der Waals surface area (Å²) in [6.45, 7) is 4.11. The minimum Gasteiger partial charge on any atom is -0.497 e. The van der Waals surface area contributed by atoms with Crippen molar-refractivity contribution in [2.75, 3.05) is 32.2 Å². The molecule has 0 spiro atoms. The minimum absolute atomic E-state index is 0.304. The van der Waals surface area contributed by atoms with E-state index in [2.05, 4.69) is 39.7 Å². The summed E-state index contributed by atoms with van der Waals surface area (Å²) in [4.78, 5) is 20.6. The fourth-order valence-corrected chi connectivity index (χ4v) is 4.84. The first kappa shape index (κ1) is 25.3. The Kier molecular flexibility index (Phi) is 7.54. The van der Waals surface area contributed by atoms with E-state index in [1.165, 1.54) is 24.9 Å². The van der Waals surface area contributed by atoms with Gasteiger partial charge in [0.25, 0.3) is 5.91 Å². The summed E-state index contributed by atoms with van der Waals surface area (Å²) in [6.07, 6.45) is 3.79. The Labute approximate surface area is 223 Å². The van der Waals surface area contributed by atoms with Gasteiger partial charge in [-0.05, 0) is 68.1 Å². The Hall–Kier alpha value is -4.39. The molecule has 7 nitrogen and oxygen atoms in total. The summed E-state index contributed by atoms with van der Waals surface area (Å²) in [7, 11) is 3.21. The average molecular weight is 509 g/mol. The van der Waals surface area contributed by atoms with E-state index in [-0.39, 0.29) is 5.91 Å². The van der Waals surface area contributed by atoms with E-state index in [1.807, 2.05) is 43.3 Å². The van der Waals surface area contributed by atoms with Gasteiger partial charge in [0.2, 0.25) is 0 Å². The van der Waals surface area contributed by atoms with Gasteiger partial charge in [-0.25, -0.2) is 10.4 Å². The van der Waals surface area contributed by atoms with Crippen molar-refractivity contribution in [3.8, 4) is 22.8 Å². The second-order valence-electron chi connectivity index (χ2n) is 9.37. The number of fused-ring (bicyclic) bond motifs is 1. The number of hydrogen-bond donors (Lipinski definition) is 1. The molecule has 2 heterocycles. The molecule has 38 heavy (non-hydrogen) atoms. The van der Waals surface area contributed by atoms with Crippen LogP contribution in [0, 0.1) is 0 Å². The van der Waals surface area contributed by atoms with E-state index >= 15 is 0 Å². The smallest absolute Gasteiger partial charge is 0.272 e. The zero-order chi connectivity index (χ0) is 26.5. The third kappa shape index (κ3) is 5.32. The van der Waals surface area contributed by atoms with Gasteiger partial charge in [0.1, 0.15) is 11.5 Å². The highest BCUT2D eigenvalue weighted by Crippen LogP contribution is 2.34. The number of ether oxygens (including phenoxy) is 2. The van der Waals surface area contributed by atoms with Crippen LogP contribution >= 0.6 is 0 Å². The number of hydrazone groups is 1. The third-order valence-corrected chi connectivity index (χ3v) is 6.98. The summed E-state index contributed by atoms with van der Waals surface area (Å²) in [5.74, 6) is 0.986. The topological polar surface area (TPSA) is 76.0 Å². The molecule has 5 rings (SSSR count). The van der Waals surface area contributed by atoms with Crippen LogP contribution in [0.3, 0.4) is 0 Å². The molecular formula is C31H32N4O3. The van der Waals surface area contributed by atoms with Crippen molar-refractivity contribution in [3.05, 3.63) is 83.9 Å². The molecule has 194 valence electrons. The normalized spacial score (nSPS) is 13.9. The number of piperidine rings is 1. The number of rotatable bonds is 7. The van der Waals surface area contributed by atoms with Gasteiger partial charge >= 0.3 is 0 Å². The third-order valence-electron chi connectivity index (χ3n) is 6.98. The molecule has 0 radical (unpaired) electrons. The molecule has 0 atom stereocenters. The van der Waals surface area contributed by atoms with Gasteiger partial charge in [-0.3, -0.25) is 4.79 Å². The predicted molar refractivity (Wildman–Crippen MR) is 152 cm³/mol. The fraction of sp³-hybridized carbons (Fsp3) is 0.258. The standard InChI is InChI=1S/C31H32N4O3/c1-21(22-11-13-23(14-12-22)35-17-7-4-8-18-35)33-34-31(36)27-20-29(32-28-10-6-5-9-25(27)28)26-16-15-24(37-2)19-30(26)38-3/h5-6,9-16,19-20H,4,7-8,17-18H2,1-3H3,(H,34,36)/b33-21-. The molecule has 1 saturated heterocycles. The molecule has 4 aromatic rings. The summed E-state index contributed by atoms with van der Waals surface area (Å²) in [5, 5.41) is 5.17. The number of aromatic nitrogens is 1. The summed E-state index contributed by atoms with van der Waals surface area (Å²) >= 11 is 0. The molecule has 1 aromatic heterocycles. The number of benzene rings is 3. The highest BCUT2D eigenvalue weighted by Gasteiger charge is 2.17. The Morgan fingerprint density at radius 3 is 2.42 bits per heavy atom. The van der Waals surface area contributed by atoms with E-state index in [0.29, 0.717) is 28.3 Å². The lowest BCUT2D eigenvalue weighted by Gasteiger charge is -2.28. The van der Waals surface area contributed by atoms with Crippen molar-refractivity contribution in [1.29, 1.82) is 0 Å². The number of anilines is 1. The van der Waals surface area contributed by atoms with E-state index in [0.717, 1.165) is 35.3 Å². The van der Waals surface area contributed by atoms with Crippen molar-refractivity contribution >= 4 is 28.2 Å². The van der Waals surface area contributed by atoms with Crippen LogP contribution in [0.2, 0.25) is 0 Å². The minimum atomic E-state index is -0.304. The number of pyridine rings is 1. The van der Waals surface area contributed by atoms with E-state index < -0.39 is 0 Å². The molecule has 1 N–H and O–H groups in total. The highest BCUT2D eigenvalue weighted by molar-refractivity contribution is 6.08. The van der Waals surface area contributed by atoms with E-state index in [9.17, 15) is 4.79 Å². The number of nitrogens with one attached hydrogen (secondary N) is 1. The summed E-state index contributed by atoms with van der Waals surface area (Å²) < 4.78 is 10.9. The number of hydrogen-bond acceptors (Lipinski definition) is 6. The first-order chi connectivity index (χ1) is 18.6. The molecule has 1 amide bonds. The van der Waals surface area contributed by atoms with Crippen LogP contribution in [-0.2, 0) is 0 Å². The van der Waals surface area contributed by atoms with Gasteiger partial charge < -0.3 is 14.4 Å². The van der Waals surface area contributed by atoms with E-state index in [4.69, 9.17) is 14.5 Å². The Morgan fingerprint density at radius 1 is 0.921 bits per heavy atom. The molecule has 0 unspecified atom stereocenters. The molecule has 1 aliphatic rings. The molecule has 7 heteroatoms. The van der Waals surface area contributed by atoms with Crippen molar-refractivity contribution in [1.82, 2.24) is 10.4 Å². The Bertz CT molecular complexity index is 1470. The van der Waals surface area contributed by atoms with Crippen LogP contribution in [0.4, 0.5) is 5.69 Å². The first-order valence-corrected chi connectivity index (χ1v) is 12.9. The number of nitrogens with zero attached hydrogens (tertiary/aromatic N) is 3. The predicted octanol–water partition coefficient (Wildman–Crippen LogP) is 6.06. The highest BCUT2D eigenvalue weighted by atomic mass is 16.5. The SMILES string of the molecule is COc1ccc(-c2cc(C(=O)N/N=C(/C)c3ccc(N4CCCCC4)cc3)c3ccccc3n2)c(OC)c1. The van der Waals surface area contributed by atoms with E-state index in [1.54, 1.807) is 26.4 Å². The van der Waals surface area contributed by atoms with Gasteiger partial charge in [-0.1, -0.05) is 30.3 Å². The average Bonchev–Trinajstić information content (AvgIpc) is 2.99. The van der Waals surface area contributed by atoms with Crippen LogP contribution in [-0.4, -0.2) is 43.9 Å². The van der Waals surface area contributed by atoms with Gasteiger partial charge in [-0.2, -0.15) is 5.10 Å². The van der Waals surface area contributed by atoms with Crippen LogP contribution in [0.25, 0.3) is 22.2 Å².